The molecule has 0 aliphatic rings. The van der Waals surface area contributed by atoms with Crippen LogP contribution in [0.2, 0.25) is 0 Å². The van der Waals surface area contributed by atoms with E-state index >= 15 is 0 Å². The van der Waals surface area contributed by atoms with E-state index in [9.17, 15) is 9.90 Å². The van der Waals surface area contributed by atoms with E-state index in [1.54, 1.807) is 36.7 Å². The molecule has 5 nitrogen and oxygen atoms in total. The Balaban J connectivity index is 2.16. The lowest BCUT2D eigenvalue weighted by Crippen LogP contribution is -2.06. The average Bonchev–Trinajstić information content (AvgIpc) is 2.87. The summed E-state index contributed by atoms with van der Waals surface area (Å²) in [6, 6.07) is 12.9. The van der Waals surface area contributed by atoms with Crippen LogP contribution in [-0.4, -0.2) is 20.6 Å². The van der Waals surface area contributed by atoms with Crippen molar-refractivity contribution < 1.29 is 9.90 Å². The van der Waals surface area contributed by atoms with Crippen LogP contribution >= 0.6 is 0 Å². The summed E-state index contributed by atoms with van der Waals surface area (Å²) in [7, 11) is 0. The van der Waals surface area contributed by atoms with Gasteiger partial charge in [0.25, 0.3) is 0 Å². The molecule has 0 bridgehead atoms. The van der Waals surface area contributed by atoms with E-state index in [1.807, 2.05) is 30.5 Å². The lowest BCUT2D eigenvalue weighted by atomic mass is 9.99. The topological polar surface area (TPSA) is 78.9 Å². The summed E-state index contributed by atoms with van der Waals surface area (Å²) >= 11 is 0. The Morgan fingerprint density at radius 2 is 1.92 bits per heavy atom. The Kier molecular flexibility index (Phi) is 4.36. The molecule has 0 amide bonds. The molecule has 0 spiro atoms. The van der Waals surface area contributed by atoms with Crippen molar-refractivity contribution >= 4 is 5.97 Å². The van der Waals surface area contributed by atoms with Gasteiger partial charge in [-0.05, 0) is 43.2 Å². The second-order valence-electron chi connectivity index (χ2n) is 5.86. The highest BCUT2D eigenvalue weighted by Gasteiger charge is 2.23. The normalized spacial score (nSPS) is 10.4. The lowest BCUT2D eigenvalue weighted by molar-refractivity contribution is 0.0697. The van der Waals surface area contributed by atoms with Gasteiger partial charge in [-0.1, -0.05) is 18.2 Å². The van der Waals surface area contributed by atoms with Crippen LogP contribution < -0.4 is 0 Å². The number of rotatable bonds is 4. The number of hydrogen-bond donors (Lipinski definition) is 1. The maximum absolute atomic E-state index is 11.9. The Labute approximate surface area is 145 Å². The summed E-state index contributed by atoms with van der Waals surface area (Å²) in [4.78, 5) is 16.0. The predicted octanol–water partition coefficient (Wildman–Crippen LogP) is 3.79. The summed E-state index contributed by atoms with van der Waals surface area (Å²) in [5.74, 6) is -0.954. The SMILES string of the molecule is Cc1c(C(=O)O)c(-c2ccc(C#N)cc2)c(C)n1Cc1cccnc1. The molecule has 25 heavy (non-hydrogen) atoms. The third kappa shape index (κ3) is 3.02. The van der Waals surface area contributed by atoms with Crippen molar-refractivity contribution in [1.29, 1.82) is 5.26 Å². The molecule has 1 N–H and O–H groups in total. The second-order valence-corrected chi connectivity index (χ2v) is 5.86. The van der Waals surface area contributed by atoms with E-state index < -0.39 is 5.97 Å². The van der Waals surface area contributed by atoms with Gasteiger partial charge in [-0.2, -0.15) is 5.26 Å². The minimum absolute atomic E-state index is 0.297. The number of pyridine rings is 1. The zero-order valence-electron chi connectivity index (χ0n) is 14.0. The Bertz CT molecular complexity index is 965. The molecule has 0 atom stereocenters. The van der Waals surface area contributed by atoms with Crippen molar-refractivity contribution in [2.75, 3.05) is 0 Å². The molecule has 0 radical (unpaired) electrons. The van der Waals surface area contributed by atoms with Crippen LogP contribution in [0.5, 0.6) is 0 Å². The Morgan fingerprint density at radius 3 is 2.48 bits per heavy atom. The minimum atomic E-state index is -0.954. The first-order chi connectivity index (χ1) is 12.0. The van der Waals surface area contributed by atoms with Gasteiger partial charge in [0.2, 0.25) is 0 Å². The number of carbonyl (C=O) groups is 1. The molecule has 5 heteroatoms. The third-order valence-corrected chi connectivity index (χ3v) is 4.36. The third-order valence-electron chi connectivity index (χ3n) is 4.36. The van der Waals surface area contributed by atoms with E-state index in [1.165, 1.54) is 0 Å². The Morgan fingerprint density at radius 1 is 1.20 bits per heavy atom. The van der Waals surface area contributed by atoms with E-state index in [-0.39, 0.29) is 0 Å². The van der Waals surface area contributed by atoms with E-state index in [2.05, 4.69) is 11.1 Å². The largest absolute Gasteiger partial charge is 0.478 e. The van der Waals surface area contributed by atoms with Crippen molar-refractivity contribution in [3.05, 3.63) is 76.9 Å². The first-order valence-electron chi connectivity index (χ1n) is 7.85. The van der Waals surface area contributed by atoms with Gasteiger partial charge in [-0.15, -0.1) is 0 Å². The number of aromatic nitrogens is 2. The minimum Gasteiger partial charge on any atom is -0.478 e. The summed E-state index contributed by atoms with van der Waals surface area (Å²) in [5.41, 5.74) is 4.92. The quantitative estimate of drug-likeness (QED) is 0.789. The summed E-state index contributed by atoms with van der Waals surface area (Å²) in [6.07, 6.45) is 3.49. The highest BCUT2D eigenvalue weighted by Crippen LogP contribution is 2.33. The van der Waals surface area contributed by atoms with Crippen LogP contribution in [0.4, 0.5) is 0 Å². The van der Waals surface area contributed by atoms with Gasteiger partial charge in [0.1, 0.15) is 0 Å². The molecule has 1 aromatic carbocycles. The van der Waals surface area contributed by atoms with E-state index in [0.717, 1.165) is 16.8 Å². The van der Waals surface area contributed by atoms with Gasteiger partial charge in [0.05, 0.1) is 17.2 Å². The molecule has 0 saturated carbocycles. The van der Waals surface area contributed by atoms with Gasteiger partial charge in [0.15, 0.2) is 0 Å². The van der Waals surface area contributed by atoms with E-state index in [4.69, 9.17) is 5.26 Å². The monoisotopic (exact) mass is 331 g/mol. The fourth-order valence-corrected chi connectivity index (χ4v) is 3.12. The number of nitrogens with zero attached hydrogens (tertiary/aromatic N) is 3. The average molecular weight is 331 g/mol. The zero-order chi connectivity index (χ0) is 18.0. The molecular formula is C20H17N3O2. The van der Waals surface area contributed by atoms with Gasteiger partial charge < -0.3 is 9.67 Å². The lowest BCUT2D eigenvalue weighted by Gasteiger charge is -2.09. The number of carboxylic acids is 1. The van der Waals surface area contributed by atoms with E-state index in [0.29, 0.717) is 28.9 Å². The molecule has 0 fully saturated rings. The van der Waals surface area contributed by atoms with Crippen molar-refractivity contribution in [1.82, 2.24) is 9.55 Å². The summed E-state index contributed by atoms with van der Waals surface area (Å²) in [6.45, 7) is 4.30. The fourth-order valence-electron chi connectivity index (χ4n) is 3.12. The molecule has 0 unspecified atom stereocenters. The van der Waals surface area contributed by atoms with Gasteiger partial charge in [-0.3, -0.25) is 4.98 Å². The molecule has 3 rings (SSSR count). The molecule has 2 aromatic heterocycles. The first kappa shape index (κ1) is 16.5. The highest BCUT2D eigenvalue weighted by molar-refractivity contribution is 5.98. The van der Waals surface area contributed by atoms with Crippen LogP contribution in [0, 0.1) is 25.2 Å². The molecule has 0 aliphatic heterocycles. The van der Waals surface area contributed by atoms with Crippen molar-refractivity contribution in [2.45, 2.75) is 20.4 Å². The van der Waals surface area contributed by atoms with Crippen LogP contribution in [0.15, 0.2) is 48.8 Å². The number of aromatic carboxylic acids is 1. The van der Waals surface area contributed by atoms with Crippen LogP contribution in [0.3, 0.4) is 0 Å². The molecule has 0 aliphatic carbocycles. The number of hydrogen-bond acceptors (Lipinski definition) is 3. The van der Waals surface area contributed by atoms with Gasteiger partial charge in [0, 0.05) is 35.9 Å². The van der Waals surface area contributed by atoms with Gasteiger partial charge >= 0.3 is 5.97 Å². The number of nitriles is 1. The van der Waals surface area contributed by atoms with Crippen molar-refractivity contribution in [2.24, 2.45) is 0 Å². The molecular weight excluding hydrogens is 314 g/mol. The number of carboxylic acid groups (broad SMARTS) is 1. The standard InChI is InChI=1S/C20H17N3O2/c1-13-18(17-7-5-15(10-21)6-8-17)19(20(24)25)14(2)23(13)12-16-4-3-9-22-11-16/h3-9,11H,12H2,1-2H3,(H,24,25). The first-order valence-corrected chi connectivity index (χ1v) is 7.85. The maximum Gasteiger partial charge on any atom is 0.338 e. The molecule has 3 aromatic rings. The predicted molar refractivity (Wildman–Crippen MR) is 94.4 cm³/mol. The molecule has 0 saturated heterocycles. The fraction of sp³-hybridized carbons (Fsp3) is 0.150. The second kappa shape index (κ2) is 6.62. The summed E-state index contributed by atoms with van der Waals surface area (Å²) in [5, 5.41) is 18.7. The number of benzene rings is 1. The molecule has 124 valence electrons. The zero-order valence-corrected chi connectivity index (χ0v) is 14.0. The van der Waals surface area contributed by atoms with Crippen molar-refractivity contribution in [3.63, 3.8) is 0 Å². The van der Waals surface area contributed by atoms with Crippen LogP contribution in [0.1, 0.15) is 32.9 Å². The summed E-state index contributed by atoms with van der Waals surface area (Å²) < 4.78 is 1.99. The Hall–Kier alpha value is -3.39. The highest BCUT2D eigenvalue weighted by atomic mass is 16.4. The molecule has 2 heterocycles. The smallest absolute Gasteiger partial charge is 0.338 e. The van der Waals surface area contributed by atoms with Crippen LogP contribution in [-0.2, 0) is 6.54 Å². The maximum atomic E-state index is 11.9. The van der Waals surface area contributed by atoms with Crippen LogP contribution in [0.25, 0.3) is 11.1 Å². The van der Waals surface area contributed by atoms with Gasteiger partial charge in [-0.25, -0.2) is 4.79 Å². The van der Waals surface area contributed by atoms with Crippen molar-refractivity contribution in [3.8, 4) is 17.2 Å².